The van der Waals surface area contributed by atoms with E-state index in [0.29, 0.717) is 16.8 Å². The molecule has 0 unspecified atom stereocenters. The number of nitrogens with one attached hydrogen (secondary N) is 1. The first-order valence-corrected chi connectivity index (χ1v) is 8.66. The third kappa shape index (κ3) is 3.01. The second-order valence-electron chi connectivity index (χ2n) is 7.02. The molecule has 0 spiro atoms. The number of imide groups is 1. The van der Waals surface area contributed by atoms with Gasteiger partial charge in [0.25, 0.3) is 11.8 Å². The molecule has 5 nitrogen and oxygen atoms in total. The van der Waals surface area contributed by atoms with E-state index >= 15 is 0 Å². The van der Waals surface area contributed by atoms with Gasteiger partial charge in [-0.3, -0.25) is 19.3 Å². The van der Waals surface area contributed by atoms with Crippen LogP contribution in [0.4, 0.5) is 5.69 Å². The molecule has 0 radical (unpaired) electrons. The topological polar surface area (TPSA) is 66.5 Å². The zero-order valence-corrected chi connectivity index (χ0v) is 15.4. The number of carbonyl (C=O) groups excluding carboxylic acids is 3. The Labute approximate surface area is 153 Å². The van der Waals surface area contributed by atoms with Crippen LogP contribution in [0.2, 0.25) is 0 Å². The maximum absolute atomic E-state index is 13.0. The molecule has 1 N–H and O–H groups in total. The van der Waals surface area contributed by atoms with Gasteiger partial charge >= 0.3 is 0 Å². The SMILES string of the molecule is Cc1ccc(NC(=O)[C@@H](C(C)C)N2C(=O)c3ccccc3C2=O)c(C)c1. The molecule has 0 fully saturated rings. The second-order valence-corrected chi connectivity index (χ2v) is 7.02. The van der Waals surface area contributed by atoms with Crippen LogP contribution in [0.25, 0.3) is 0 Å². The Hall–Kier alpha value is -2.95. The van der Waals surface area contributed by atoms with Gasteiger partial charge < -0.3 is 5.32 Å². The summed E-state index contributed by atoms with van der Waals surface area (Å²) in [5.41, 5.74) is 3.41. The summed E-state index contributed by atoms with van der Waals surface area (Å²) in [7, 11) is 0. The van der Waals surface area contributed by atoms with Crippen LogP contribution < -0.4 is 5.32 Å². The highest BCUT2D eigenvalue weighted by Crippen LogP contribution is 2.28. The molecule has 3 amide bonds. The van der Waals surface area contributed by atoms with E-state index in [1.165, 1.54) is 0 Å². The van der Waals surface area contributed by atoms with Crippen molar-refractivity contribution in [1.82, 2.24) is 4.90 Å². The minimum absolute atomic E-state index is 0.219. The fourth-order valence-electron chi connectivity index (χ4n) is 3.34. The summed E-state index contributed by atoms with van der Waals surface area (Å²) in [6.45, 7) is 7.55. The van der Waals surface area contributed by atoms with Crippen molar-refractivity contribution in [3.63, 3.8) is 0 Å². The first kappa shape index (κ1) is 17.9. The first-order valence-electron chi connectivity index (χ1n) is 8.66. The summed E-state index contributed by atoms with van der Waals surface area (Å²) in [6.07, 6.45) is 0. The molecule has 0 saturated carbocycles. The van der Waals surface area contributed by atoms with Crippen molar-refractivity contribution in [2.75, 3.05) is 5.32 Å². The van der Waals surface area contributed by atoms with Crippen LogP contribution in [0.3, 0.4) is 0 Å². The van der Waals surface area contributed by atoms with Crippen molar-refractivity contribution in [1.29, 1.82) is 0 Å². The average molecular weight is 350 g/mol. The van der Waals surface area contributed by atoms with Crippen molar-refractivity contribution in [3.8, 4) is 0 Å². The molecule has 0 aliphatic carbocycles. The van der Waals surface area contributed by atoms with Crippen molar-refractivity contribution in [3.05, 3.63) is 64.7 Å². The number of nitrogens with zero attached hydrogens (tertiary/aromatic N) is 1. The molecule has 5 heteroatoms. The Morgan fingerprint density at radius 3 is 2.04 bits per heavy atom. The number of anilines is 1. The molecule has 0 saturated heterocycles. The predicted octanol–water partition coefficient (Wildman–Crippen LogP) is 3.56. The lowest BCUT2D eigenvalue weighted by atomic mass is 10.0. The second kappa shape index (κ2) is 6.75. The average Bonchev–Trinajstić information content (AvgIpc) is 2.83. The number of aryl methyl sites for hydroxylation is 2. The van der Waals surface area contributed by atoms with Gasteiger partial charge in [0.15, 0.2) is 0 Å². The highest BCUT2D eigenvalue weighted by Gasteiger charge is 2.43. The quantitative estimate of drug-likeness (QED) is 0.858. The molecule has 1 aliphatic rings. The van der Waals surface area contributed by atoms with E-state index in [1.54, 1.807) is 24.3 Å². The first-order chi connectivity index (χ1) is 12.3. The van der Waals surface area contributed by atoms with E-state index in [-0.39, 0.29) is 11.8 Å². The summed E-state index contributed by atoms with van der Waals surface area (Å²) in [4.78, 5) is 39.5. The van der Waals surface area contributed by atoms with E-state index in [2.05, 4.69) is 5.32 Å². The molecule has 134 valence electrons. The number of amides is 3. The molecule has 1 atom stereocenters. The Morgan fingerprint density at radius 1 is 0.962 bits per heavy atom. The van der Waals surface area contributed by atoms with Gasteiger partial charge in [-0.25, -0.2) is 0 Å². The van der Waals surface area contributed by atoms with Gasteiger partial charge in [-0.1, -0.05) is 43.7 Å². The minimum Gasteiger partial charge on any atom is -0.324 e. The van der Waals surface area contributed by atoms with E-state index in [0.717, 1.165) is 16.0 Å². The molecule has 1 heterocycles. The minimum atomic E-state index is -0.872. The number of carbonyl (C=O) groups is 3. The summed E-state index contributed by atoms with van der Waals surface area (Å²) in [5, 5.41) is 2.88. The van der Waals surface area contributed by atoms with Crippen molar-refractivity contribution in [2.45, 2.75) is 33.7 Å². The lowest BCUT2D eigenvalue weighted by Crippen LogP contribution is -2.50. The normalized spacial score (nSPS) is 14.6. The molecule has 26 heavy (non-hydrogen) atoms. The van der Waals surface area contributed by atoms with Gasteiger partial charge in [-0.15, -0.1) is 0 Å². The summed E-state index contributed by atoms with van der Waals surface area (Å²) in [6, 6.07) is 11.5. The lowest BCUT2D eigenvalue weighted by molar-refractivity contribution is -0.121. The van der Waals surface area contributed by atoms with Crippen LogP contribution in [-0.4, -0.2) is 28.7 Å². The van der Waals surface area contributed by atoms with Gasteiger partial charge in [0.05, 0.1) is 11.1 Å². The van der Waals surface area contributed by atoms with Gasteiger partial charge in [-0.2, -0.15) is 0 Å². The highest BCUT2D eigenvalue weighted by molar-refractivity contribution is 6.23. The van der Waals surface area contributed by atoms with Gasteiger partial charge in [0.1, 0.15) is 6.04 Å². The number of rotatable bonds is 4. The third-order valence-corrected chi connectivity index (χ3v) is 4.64. The summed E-state index contributed by atoms with van der Waals surface area (Å²) >= 11 is 0. The van der Waals surface area contributed by atoms with Crippen LogP contribution in [0.15, 0.2) is 42.5 Å². The predicted molar refractivity (Wildman–Crippen MR) is 100 cm³/mol. The fraction of sp³-hybridized carbons (Fsp3) is 0.286. The summed E-state index contributed by atoms with van der Waals surface area (Å²) < 4.78 is 0. The smallest absolute Gasteiger partial charge is 0.262 e. The third-order valence-electron chi connectivity index (χ3n) is 4.64. The highest BCUT2D eigenvalue weighted by atomic mass is 16.2. The zero-order chi connectivity index (χ0) is 19.0. The molecular weight excluding hydrogens is 328 g/mol. The monoisotopic (exact) mass is 350 g/mol. The molecule has 1 aliphatic heterocycles. The van der Waals surface area contributed by atoms with Crippen molar-refractivity contribution < 1.29 is 14.4 Å². The molecule has 2 aromatic rings. The molecule has 0 aromatic heterocycles. The number of hydrogen-bond donors (Lipinski definition) is 1. The van der Waals surface area contributed by atoms with Gasteiger partial charge in [0.2, 0.25) is 5.91 Å². The fourth-order valence-corrected chi connectivity index (χ4v) is 3.34. The molecule has 2 aromatic carbocycles. The van der Waals surface area contributed by atoms with E-state index in [1.807, 2.05) is 45.9 Å². The largest absolute Gasteiger partial charge is 0.324 e. The Morgan fingerprint density at radius 2 is 1.54 bits per heavy atom. The van der Waals surface area contributed by atoms with Crippen molar-refractivity contribution in [2.24, 2.45) is 5.92 Å². The standard InChI is InChI=1S/C21H22N2O3/c1-12(2)18(19(24)22-17-10-9-13(3)11-14(17)4)23-20(25)15-7-5-6-8-16(15)21(23)26/h5-12,18H,1-4H3,(H,22,24)/t18-/m1/s1. The van der Waals surface area contributed by atoms with Crippen LogP contribution in [0.5, 0.6) is 0 Å². The van der Waals surface area contributed by atoms with Gasteiger partial charge in [0, 0.05) is 5.69 Å². The van der Waals surface area contributed by atoms with E-state index in [9.17, 15) is 14.4 Å². The number of benzene rings is 2. The maximum atomic E-state index is 13.0. The maximum Gasteiger partial charge on any atom is 0.262 e. The molecule has 3 rings (SSSR count). The van der Waals surface area contributed by atoms with E-state index in [4.69, 9.17) is 0 Å². The Kier molecular flexibility index (Phi) is 4.64. The Balaban J connectivity index is 1.92. The lowest BCUT2D eigenvalue weighted by Gasteiger charge is -2.28. The molecule has 0 bridgehead atoms. The molecular formula is C21H22N2O3. The number of hydrogen-bond acceptors (Lipinski definition) is 3. The van der Waals surface area contributed by atoms with Crippen LogP contribution in [-0.2, 0) is 4.79 Å². The van der Waals surface area contributed by atoms with Crippen LogP contribution >= 0.6 is 0 Å². The Bertz CT molecular complexity index is 867. The van der Waals surface area contributed by atoms with Gasteiger partial charge in [-0.05, 0) is 43.5 Å². The number of fused-ring (bicyclic) bond motifs is 1. The van der Waals surface area contributed by atoms with E-state index < -0.39 is 17.9 Å². The van der Waals surface area contributed by atoms with Crippen molar-refractivity contribution >= 4 is 23.4 Å². The summed E-state index contributed by atoms with van der Waals surface area (Å²) in [5.74, 6) is -1.41. The zero-order valence-electron chi connectivity index (χ0n) is 15.4. The van der Waals surface area contributed by atoms with Crippen LogP contribution in [0, 0.1) is 19.8 Å². The van der Waals surface area contributed by atoms with Crippen LogP contribution in [0.1, 0.15) is 45.7 Å².